The molecule has 2 aliphatic rings. The minimum atomic E-state index is -0.616. The van der Waals surface area contributed by atoms with Crippen molar-refractivity contribution in [1.29, 1.82) is 5.26 Å². The van der Waals surface area contributed by atoms with Crippen LogP contribution in [-0.2, 0) is 16.1 Å². The van der Waals surface area contributed by atoms with E-state index in [9.17, 15) is 19.6 Å². The SMILES string of the molecule is COC(=O)N1CCN(C(C)(C)C=C(C#N)C(=O)N2CCCC2Cn2c(=O)n(-c3ccc(Oc4ccccc4)cc3)c3c(N)nccc32)CC1. The lowest BCUT2D eigenvalue weighted by molar-refractivity contribution is -0.127. The smallest absolute Gasteiger partial charge is 0.409 e. The average molecular weight is 665 g/mol. The summed E-state index contributed by atoms with van der Waals surface area (Å²) in [5.74, 6) is 1.16. The van der Waals surface area contributed by atoms with Crippen LogP contribution in [0.25, 0.3) is 16.7 Å². The number of methoxy groups -OCH3 is 1. The zero-order valence-electron chi connectivity index (χ0n) is 27.9. The summed E-state index contributed by atoms with van der Waals surface area (Å²) in [7, 11) is 1.36. The van der Waals surface area contributed by atoms with E-state index in [2.05, 4.69) is 16.0 Å². The molecule has 254 valence electrons. The van der Waals surface area contributed by atoms with Gasteiger partial charge in [0.1, 0.15) is 34.5 Å². The van der Waals surface area contributed by atoms with Gasteiger partial charge in [0.25, 0.3) is 5.91 Å². The van der Waals surface area contributed by atoms with Crippen LogP contribution in [0.3, 0.4) is 0 Å². The van der Waals surface area contributed by atoms with Gasteiger partial charge in [-0.25, -0.2) is 14.6 Å². The molecule has 0 spiro atoms. The summed E-state index contributed by atoms with van der Waals surface area (Å²) in [4.78, 5) is 49.7. The number of imidazole rings is 1. The number of nitrogen functional groups attached to an aromatic ring is 1. The van der Waals surface area contributed by atoms with Gasteiger partial charge in [0.15, 0.2) is 0 Å². The van der Waals surface area contributed by atoms with Crippen LogP contribution in [0.1, 0.15) is 26.7 Å². The van der Waals surface area contributed by atoms with Crippen molar-refractivity contribution in [2.75, 3.05) is 45.6 Å². The highest BCUT2D eigenvalue weighted by atomic mass is 16.5. The molecule has 4 heterocycles. The maximum absolute atomic E-state index is 14.1. The number of amides is 2. The largest absolute Gasteiger partial charge is 0.457 e. The van der Waals surface area contributed by atoms with Crippen LogP contribution >= 0.6 is 0 Å². The van der Waals surface area contributed by atoms with Crippen LogP contribution in [0, 0.1) is 11.3 Å². The Morgan fingerprint density at radius 3 is 2.39 bits per heavy atom. The fourth-order valence-electron chi connectivity index (χ4n) is 6.77. The van der Waals surface area contributed by atoms with E-state index in [-0.39, 0.29) is 41.7 Å². The number of piperazine rings is 1. The van der Waals surface area contributed by atoms with Crippen LogP contribution in [-0.4, -0.2) is 92.2 Å². The lowest BCUT2D eigenvalue weighted by atomic mass is 9.97. The van der Waals surface area contributed by atoms with Gasteiger partial charge in [-0.05, 0) is 75.2 Å². The first kappa shape index (κ1) is 33.3. The zero-order valence-corrected chi connectivity index (χ0v) is 27.9. The molecule has 1 atom stereocenters. The molecule has 13 heteroatoms. The van der Waals surface area contributed by atoms with Crippen molar-refractivity contribution in [1.82, 2.24) is 28.8 Å². The number of nitriles is 1. The predicted molar refractivity (Wildman–Crippen MR) is 184 cm³/mol. The highest BCUT2D eigenvalue weighted by Crippen LogP contribution is 2.28. The van der Waals surface area contributed by atoms with Crippen LogP contribution in [0.4, 0.5) is 10.6 Å². The van der Waals surface area contributed by atoms with Crippen LogP contribution in [0.15, 0.2) is 83.3 Å². The first-order valence-corrected chi connectivity index (χ1v) is 16.3. The molecule has 13 nitrogen and oxygen atoms in total. The first-order chi connectivity index (χ1) is 23.6. The summed E-state index contributed by atoms with van der Waals surface area (Å²) < 4.78 is 13.9. The quantitative estimate of drug-likeness (QED) is 0.216. The maximum Gasteiger partial charge on any atom is 0.409 e. The van der Waals surface area contributed by atoms with E-state index in [1.807, 2.05) is 44.2 Å². The Bertz CT molecular complexity index is 1970. The highest BCUT2D eigenvalue weighted by molar-refractivity contribution is 5.98. The third-order valence-corrected chi connectivity index (χ3v) is 9.35. The summed E-state index contributed by atoms with van der Waals surface area (Å²) in [5.41, 5.74) is 7.15. The summed E-state index contributed by atoms with van der Waals surface area (Å²) in [6.07, 6.45) is 4.33. The van der Waals surface area contributed by atoms with Crippen LogP contribution in [0.5, 0.6) is 11.5 Å². The number of nitrogens with zero attached hydrogens (tertiary/aromatic N) is 7. The first-order valence-electron chi connectivity index (χ1n) is 16.3. The molecule has 2 N–H and O–H groups in total. The number of aromatic nitrogens is 3. The Hall–Kier alpha value is -5.61. The molecule has 6 rings (SSSR count). The molecule has 0 saturated carbocycles. The second kappa shape index (κ2) is 13.9. The molecule has 1 unspecified atom stereocenters. The molecule has 0 aliphatic carbocycles. The van der Waals surface area contributed by atoms with E-state index in [0.29, 0.717) is 67.4 Å². The minimum Gasteiger partial charge on any atom is -0.457 e. The number of benzene rings is 2. The van der Waals surface area contributed by atoms with Crippen molar-refractivity contribution in [3.05, 3.63) is 89.0 Å². The number of pyridine rings is 1. The normalized spacial score (nSPS) is 17.3. The molecule has 2 aromatic heterocycles. The van der Waals surface area contributed by atoms with Gasteiger partial charge >= 0.3 is 11.8 Å². The Balaban J connectivity index is 1.24. The molecule has 0 bridgehead atoms. The van der Waals surface area contributed by atoms with Crippen molar-refractivity contribution in [3.63, 3.8) is 0 Å². The standard InChI is InChI=1S/C36H40N8O5/c1-36(2,41-20-18-40(19-21-41)35(47)48-3)22-25(23-37)33(45)42-17-7-8-27(42)24-43-30-15-16-39-32(38)31(30)44(34(43)46)26-11-13-29(14-12-26)49-28-9-5-4-6-10-28/h4-6,9-16,22,27H,7-8,17-21,24H2,1-3H3,(H2,38,39). The van der Waals surface area contributed by atoms with Gasteiger partial charge in [0.05, 0.1) is 24.4 Å². The number of hydrogen-bond donors (Lipinski definition) is 1. The number of likely N-dealkylation sites (tertiary alicyclic amines) is 1. The van der Waals surface area contributed by atoms with Gasteiger partial charge in [-0.1, -0.05) is 18.2 Å². The van der Waals surface area contributed by atoms with Crippen LogP contribution in [0.2, 0.25) is 0 Å². The summed E-state index contributed by atoms with van der Waals surface area (Å²) in [5, 5.41) is 10.1. The van der Waals surface area contributed by atoms with Gasteiger partial charge in [0.2, 0.25) is 0 Å². The Morgan fingerprint density at radius 2 is 1.71 bits per heavy atom. The second-order valence-corrected chi connectivity index (χ2v) is 12.8. The lowest BCUT2D eigenvalue weighted by Crippen LogP contribution is -2.55. The highest BCUT2D eigenvalue weighted by Gasteiger charge is 2.35. The molecule has 2 aromatic carbocycles. The zero-order chi connectivity index (χ0) is 34.7. The molecule has 2 aliphatic heterocycles. The Morgan fingerprint density at radius 1 is 1.02 bits per heavy atom. The summed E-state index contributed by atoms with van der Waals surface area (Å²) in [6, 6.07) is 20.2. The van der Waals surface area contributed by atoms with E-state index < -0.39 is 5.54 Å². The maximum atomic E-state index is 14.1. The van der Waals surface area contributed by atoms with Crippen molar-refractivity contribution >= 4 is 28.9 Å². The molecule has 2 amide bonds. The monoisotopic (exact) mass is 664 g/mol. The van der Waals surface area contributed by atoms with Gasteiger partial charge in [-0.2, -0.15) is 5.26 Å². The number of carbonyl (C=O) groups is 2. The third kappa shape index (κ3) is 6.73. The molecular formula is C36H40N8O5. The number of nitrogens with two attached hydrogens (primary N) is 1. The molecule has 4 aromatic rings. The number of carbonyl (C=O) groups excluding carboxylic acids is 2. The Labute approximate surface area is 284 Å². The number of para-hydroxylation sites is 1. The van der Waals surface area contributed by atoms with Gasteiger partial charge < -0.3 is 25.0 Å². The minimum absolute atomic E-state index is 0.0494. The fraction of sp³-hybridized carbons (Fsp3) is 0.361. The van der Waals surface area contributed by atoms with Crippen LogP contribution < -0.4 is 16.2 Å². The number of rotatable bonds is 8. The number of hydrogen-bond acceptors (Lipinski definition) is 9. The second-order valence-electron chi connectivity index (χ2n) is 12.8. The Kier molecular flexibility index (Phi) is 9.42. The number of anilines is 1. The van der Waals surface area contributed by atoms with Gasteiger partial charge in [0, 0.05) is 51.0 Å². The molecular weight excluding hydrogens is 624 g/mol. The van der Waals surface area contributed by atoms with Crippen molar-refractivity contribution in [2.24, 2.45) is 0 Å². The molecule has 49 heavy (non-hydrogen) atoms. The fourth-order valence-corrected chi connectivity index (χ4v) is 6.77. The van der Waals surface area contributed by atoms with E-state index in [1.165, 1.54) is 11.7 Å². The molecule has 2 fully saturated rings. The van der Waals surface area contributed by atoms with E-state index in [1.54, 1.807) is 57.0 Å². The average Bonchev–Trinajstić information content (AvgIpc) is 3.70. The van der Waals surface area contributed by atoms with E-state index >= 15 is 0 Å². The summed E-state index contributed by atoms with van der Waals surface area (Å²) in [6.45, 7) is 6.74. The molecule has 2 saturated heterocycles. The van der Waals surface area contributed by atoms with E-state index in [0.717, 1.165) is 6.42 Å². The van der Waals surface area contributed by atoms with Crippen molar-refractivity contribution in [3.8, 4) is 23.3 Å². The number of ether oxygens (including phenoxy) is 2. The predicted octanol–water partition coefficient (Wildman–Crippen LogP) is 4.17. The van der Waals surface area contributed by atoms with Gasteiger partial charge in [-0.3, -0.25) is 18.8 Å². The number of fused-ring (bicyclic) bond motifs is 1. The van der Waals surface area contributed by atoms with Crippen molar-refractivity contribution < 1.29 is 19.1 Å². The van der Waals surface area contributed by atoms with E-state index in [4.69, 9.17) is 15.2 Å². The van der Waals surface area contributed by atoms with Crippen molar-refractivity contribution in [2.45, 2.75) is 44.8 Å². The third-order valence-electron chi connectivity index (χ3n) is 9.35. The summed E-state index contributed by atoms with van der Waals surface area (Å²) >= 11 is 0. The van der Waals surface area contributed by atoms with Gasteiger partial charge in [-0.15, -0.1) is 0 Å². The lowest BCUT2D eigenvalue weighted by Gasteiger charge is -2.42. The topological polar surface area (TPSA) is 152 Å². The molecule has 0 radical (unpaired) electrons.